The van der Waals surface area contributed by atoms with Crippen molar-refractivity contribution in [2.24, 2.45) is 0 Å². The maximum absolute atomic E-state index is 10.1. The molecule has 1 N–H and O–H groups in total. The second kappa shape index (κ2) is 5.46. The van der Waals surface area contributed by atoms with Crippen LogP contribution in [0.4, 0.5) is 0 Å². The summed E-state index contributed by atoms with van der Waals surface area (Å²) in [6, 6.07) is 8.42. The third-order valence-electron chi connectivity index (χ3n) is 3.28. The van der Waals surface area contributed by atoms with Crippen molar-refractivity contribution in [1.29, 1.82) is 0 Å². The summed E-state index contributed by atoms with van der Waals surface area (Å²) in [4.78, 5) is 0. The van der Waals surface area contributed by atoms with E-state index in [1.54, 1.807) is 0 Å². The smallest absolute Gasteiger partial charge is 0.0842 e. The van der Waals surface area contributed by atoms with Crippen molar-refractivity contribution < 1.29 is 9.84 Å². The van der Waals surface area contributed by atoms with E-state index in [-0.39, 0.29) is 12.0 Å². The predicted octanol–water partition coefficient (Wildman–Crippen LogP) is 2.50. The number of ether oxygens (including phenoxy) is 1. The summed E-state index contributed by atoms with van der Waals surface area (Å²) in [5.74, 6) is 0.271. The fraction of sp³-hybridized carbons (Fsp3) is 0.571. The third kappa shape index (κ3) is 2.45. The zero-order valence-corrected chi connectivity index (χ0v) is 9.86. The molecule has 0 radical (unpaired) electrons. The van der Waals surface area contributed by atoms with E-state index in [9.17, 15) is 5.11 Å². The Morgan fingerprint density at radius 3 is 3.06 bits per heavy atom. The molecule has 0 saturated carbocycles. The maximum atomic E-state index is 10.1. The molecule has 1 aromatic rings. The standard InChI is InChI=1S/C14H20O2/c1-2-9-16-10-14(15)13-8-7-11-5-3-4-6-12(11)13/h3-6,13-15H,2,7-10H2,1H3. The number of benzene rings is 1. The van der Waals surface area contributed by atoms with Gasteiger partial charge in [-0.2, -0.15) is 0 Å². The van der Waals surface area contributed by atoms with Gasteiger partial charge >= 0.3 is 0 Å². The van der Waals surface area contributed by atoms with E-state index in [0.29, 0.717) is 6.61 Å². The Balaban J connectivity index is 1.96. The summed E-state index contributed by atoms with van der Waals surface area (Å²) < 4.78 is 5.42. The number of aryl methyl sites for hydroxylation is 1. The third-order valence-corrected chi connectivity index (χ3v) is 3.28. The lowest BCUT2D eigenvalue weighted by molar-refractivity contribution is 0.0227. The van der Waals surface area contributed by atoms with E-state index in [0.717, 1.165) is 25.9 Å². The van der Waals surface area contributed by atoms with Crippen molar-refractivity contribution in [2.75, 3.05) is 13.2 Å². The van der Waals surface area contributed by atoms with Gasteiger partial charge in [0.2, 0.25) is 0 Å². The van der Waals surface area contributed by atoms with Crippen LogP contribution in [0.2, 0.25) is 0 Å². The van der Waals surface area contributed by atoms with Crippen LogP contribution >= 0.6 is 0 Å². The van der Waals surface area contributed by atoms with Crippen molar-refractivity contribution in [3.05, 3.63) is 35.4 Å². The van der Waals surface area contributed by atoms with E-state index in [1.807, 2.05) is 0 Å². The summed E-state index contributed by atoms with van der Waals surface area (Å²) in [6.07, 6.45) is 2.80. The van der Waals surface area contributed by atoms with E-state index >= 15 is 0 Å². The summed E-state index contributed by atoms with van der Waals surface area (Å²) in [5.41, 5.74) is 2.71. The minimum atomic E-state index is -0.352. The summed E-state index contributed by atoms with van der Waals surface area (Å²) >= 11 is 0. The number of hydrogen-bond donors (Lipinski definition) is 1. The molecule has 0 heterocycles. The van der Waals surface area contributed by atoms with Gasteiger partial charge in [-0.1, -0.05) is 31.2 Å². The Morgan fingerprint density at radius 2 is 2.25 bits per heavy atom. The molecule has 88 valence electrons. The van der Waals surface area contributed by atoms with Crippen LogP contribution in [0.25, 0.3) is 0 Å². The number of rotatable bonds is 5. The van der Waals surface area contributed by atoms with Crippen LogP contribution in [-0.4, -0.2) is 24.4 Å². The van der Waals surface area contributed by atoms with E-state index in [1.165, 1.54) is 11.1 Å². The molecule has 2 nitrogen and oxygen atoms in total. The van der Waals surface area contributed by atoms with Gasteiger partial charge in [-0.3, -0.25) is 0 Å². The average Bonchev–Trinajstić information content (AvgIpc) is 2.73. The van der Waals surface area contributed by atoms with Gasteiger partial charge in [0.05, 0.1) is 12.7 Å². The SMILES string of the molecule is CCCOCC(O)C1CCc2ccccc21. The van der Waals surface area contributed by atoms with Crippen LogP contribution in [0.1, 0.15) is 36.8 Å². The minimum Gasteiger partial charge on any atom is -0.390 e. The van der Waals surface area contributed by atoms with Crippen molar-refractivity contribution in [3.8, 4) is 0 Å². The fourth-order valence-corrected chi connectivity index (χ4v) is 2.45. The van der Waals surface area contributed by atoms with Crippen molar-refractivity contribution in [1.82, 2.24) is 0 Å². The van der Waals surface area contributed by atoms with Crippen molar-refractivity contribution in [3.63, 3.8) is 0 Å². The Bertz CT molecular complexity index is 335. The zero-order valence-electron chi connectivity index (χ0n) is 9.86. The second-order valence-electron chi connectivity index (χ2n) is 4.49. The molecule has 0 aliphatic heterocycles. The monoisotopic (exact) mass is 220 g/mol. The van der Waals surface area contributed by atoms with E-state index < -0.39 is 0 Å². The Labute approximate surface area is 97.3 Å². The Morgan fingerprint density at radius 1 is 1.44 bits per heavy atom. The van der Waals surface area contributed by atoms with Gasteiger partial charge in [-0.25, -0.2) is 0 Å². The highest BCUT2D eigenvalue weighted by molar-refractivity contribution is 5.35. The molecule has 2 heteroatoms. The molecule has 1 aromatic carbocycles. The highest BCUT2D eigenvalue weighted by Crippen LogP contribution is 2.35. The molecular formula is C14H20O2. The lowest BCUT2D eigenvalue weighted by Crippen LogP contribution is -2.22. The van der Waals surface area contributed by atoms with Gasteiger partial charge < -0.3 is 9.84 Å². The molecule has 0 bridgehead atoms. The lowest BCUT2D eigenvalue weighted by Gasteiger charge is -2.19. The quantitative estimate of drug-likeness (QED) is 0.773. The molecule has 0 fully saturated rings. The fourth-order valence-electron chi connectivity index (χ4n) is 2.45. The van der Waals surface area contributed by atoms with Gasteiger partial charge in [0.1, 0.15) is 0 Å². The largest absolute Gasteiger partial charge is 0.390 e. The first kappa shape index (κ1) is 11.6. The minimum absolute atomic E-state index is 0.271. The first-order valence-electron chi connectivity index (χ1n) is 6.16. The first-order valence-corrected chi connectivity index (χ1v) is 6.16. The van der Waals surface area contributed by atoms with Crippen LogP contribution in [0, 0.1) is 0 Å². The molecular weight excluding hydrogens is 200 g/mol. The van der Waals surface area contributed by atoms with Gasteiger partial charge in [0.15, 0.2) is 0 Å². The van der Waals surface area contributed by atoms with Crippen molar-refractivity contribution >= 4 is 0 Å². The molecule has 0 amide bonds. The normalized spacial score (nSPS) is 20.8. The van der Waals surface area contributed by atoms with Crippen LogP contribution in [0.15, 0.2) is 24.3 Å². The first-order chi connectivity index (χ1) is 7.83. The molecule has 16 heavy (non-hydrogen) atoms. The molecule has 2 rings (SSSR count). The Kier molecular flexibility index (Phi) is 3.97. The topological polar surface area (TPSA) is 29.5 Å². The van der Waals surface area contributed by atoms with Gasteiger partial charge in [0.25, 0.3) is 0 Å². The molecule has 1 aliphatic rings. The highest BCUT2D eigenvalue weighted by atomic mass is 16.5. The Hall–Kier alpha value is -0.860. The van der Waals surface area contributed by atoms with Crippen molar-refractivity contribution in [2.45, 2.75) is 38.2 Å². The molecule has 0 saturated heterocycles. The number of aliphatic hydroxyl groups is 1. The molecule has 0 spiro atoms. The summed E-state index contributed by atoms with van der Waals surface area (Å²) in [5, 5.41) is 10.1. The number of hydrogen-bond acceptors (Lipinski definition) is 2. The lowest BCUT2D eigenvalue weighted by atomic mass is 9.96. The second-order valence-corrected chi connectivity index (χ2v) is 4.49. The highest BCUT2D eigenvalue weighted by Gasteiger charge is 2.28. The van der Waals surface area contributed by atoms with Crippen LogP contribution in [0.3, 0.4) is 0 Å². The van der Waals surface area contributed by atoms with Crippen LogP contribution < -0.4 is 0 Å². The average molecular weight is 220 g/mol. The molecule has 2 atom stereocenters. The summed E-state index contributed by atoms with van der Waals surface area (Å²) in [7, 11) is 0. The number of aliphatic hydroxyl groups excluding tert-OH is 1. The van der Waals surface area contributed by atoms with Crippen LogP contribution in [-0.2, 0) is 11.2 Å². The van der Waals surface area contributed by atoms with Gasteiger partial charge in [-0.15, -0.1) is 0 Å². The predicted molar refractivity (Wildman–Crippen MR) is 64.6 cm³/mol. The van der Waals surface area contributed by atoms with Crippen LogP contribution in [0.5, 0.6) is 0 Å². The number of fused-ring (bicyclic) bond motifs is 1. The summed E-state index contributed by atoms with van der Waals surface area (Å²) in [6.45, 7) is 3.29. The van der Waals surface area contributed by atoms with Gasteiger partial charge in [-0.05, 0) is 30.4 Å². The molecule has 1 aliphatic carbocycles. The van der Waals surface area contributed by atoms with E-state index in [2.05, 4.69) is 31.2 Å². The van der Waals surface area contributed by atoms with E-state index in [4.69, 9.17) is 4.74 Å². The van der Waals surface area contributed by atoms with Gasteiger partial charge in [0, 0.05) is 12.5 Å². The molecule has 2 unspecified atom stereocenters. The molecule has 0 aromatic heterocycles. The maximum Gasteiger partial charge on any atom is 0.0842 e. The zero-order chi connectivity index (χ0) is 11.4.